The fourth-order valence-corrected chi connectivity index (χ4v) is 2.12. The molecular weight excluding hydrogens is 268 g/mol. The molecule has 1 heteroatoms. The first-order valence-corrected chi connectivity index (χ1v) is 7.43. The van der Waals surface area contributed by atoms with Crippen LogP contribution in [0.2, 0.25) is 0 Å². The maximum atomic E-state index is 8.00. The molecule has 0 bridgehead atoms. The van der Waals surface area contributed by atoms with Gasteiger partial charge in [-0.25, -0.2) is 0 Å². The minimum Gasteiger partial charge on any atom is -0.307 e. The summed E-state index contributed by atoms with van der Waals surface area (Å²) in [5, 5.41) is 0. The lowest BCUT2D eigenvalue weighted by Crippen LogP contribution is -1.79. The van der Waals surface area contributed by atoms with Crippen molar-refractivity contribution in [2.24, 2.45) is 0 Å². The van der Waals surface area contributed by atoms with Crippen LogP contribution in [-0.2, 0) is 4.79 Å². The van der Waals surface area contributed by atoms with E-state index in [1.165, 1.54) is 22.3 Å². The van der Waals surface area contributed by atoms with Crippen LogP contribution in [0.5, 0.6) is 0 Å². The molecule has 112 valence electrons. The van der Waals surface area contributed by atoms with Gasteiger partial charge in [-0.1, -0.05) is 98.8 Å². The lowest BCUT2D eigenvalue weighted by molar-refractivity contribution is -0.0979. The van der Waals surface area contributed by atoms with Crippen molar-refractivity contribution in [2.45, 2.75) is 13.8 Å². The predicted molar refractivity (Wildman–Crippen MR) is 95.8 cm³/mol. The molecule has 0 amide bonds. The van der Waals surface area contributed by atoms with Crippen LogP contribution in [0, 0.1) is 0 Å². The molecule has 22 heavy (non-hydrogen) atoms. The summed E-state index contributed by atoms with van der Waals surface area (Å²) in [6.45, 7) is 6.00. The van der Waals surface area contributed by atoms with Crippen molar-refractivity contribution in [1.82, 2.24) is 0 Å². The molecule has 0 aliphatic carbocycles. The molecule has 0 spiro atoms. The van der Waals surface area contributed by atoms with Gasteiger partial charge in [0.15, 0.2) is 0 Å². The van der Waals surface area contributed by atoms with Gasteiger partial charge in [0.1, 0.15) is 6.79 Å². The van der Waals surface area contributed by atoms with Gasteiger partial charge in [-0.05, 0) is 22.3 Å². The van der Waals surface area contributed by atoms with Crippen molar-refractivity contribution in [2.75, 3.05) is 0 Å². The van der Waals surface area contributed by atoms with Crippen LogP contribution in [0.15, 0.2) is 84.9 Å². The van der Waals surface area contributed by atoms with Crippen LogP contribution in [-0.4, -0.2) is 6.79 Å². The highest BCUT2D eigenvalue weighted by molar-refractivity contribution is 5.70. The third-order valence-electron chi connectivity index (χ3n) is 3.10. The van der Waals surface area contributed by atoms with Gasteiger partial charge in [0.2, 0.25) is 0 Å². The van der Waals surface area contributed by atoms with Crippen LogP contribution >= 0.6 is 0 Å². The molecule has 0 saturated heterocycles. The van der Waals surface area contributed by atoms with Gasteiger partial charge < -0.3 is 4.79 Å². The largest absolute Gasteiger partial charge is 0.307 e. The highest BCUT2D eigenvalue weighted by atomic mass is 16.1. The number of carbonyl (C=O) groups excluding carboxylic acids is 1. The number of hydrogen-bond donors (Lipinski definition) is 0. The fraction of sp³-hybridized carbons (Fsp3) is 0.0952. The van der Waals surface area contributed by atoms with Crippen LogP contribution in [0.1, 0.15) is 13.8 Å². The van der Waals surface area contributed by atoms with E-state index in [0.29, 0.717) is 0 Å². The molecule has 0 aromatic heterocycles. The Labute approximate surface area is 133 Å². The van der Waals surface area contributed by atoms with E-state index in [9.17, 15) is 0 Å². The Balaban J connectivity index is 0.000000561. The zero-order chi connectivity index (χ0) is 16.2. The van der Waals surface area contributed by atoms with E-state index >= 15 is 0 Å². The smallest absolute Gasteiger partial charge is 0.106 e. The van der Waals surface area contributed by atoms with Gasteiger partial charge in [-0.2, -0.15) is 0 Å². The summed E-state index contributed by atoms with van der Waals surface area (Å²) in [5.74, 6) is 0. The first-order valence-electron chi connectivity index (χ1n) is 7.43. The number of carbonyl (C=O) groups is 1. The van der Waals surface area contributed by atoms with Gasteiger partial charge in [0.05, 0.1) is 0 Å². The zero-order valence-electron chi connectivity index (χ0n) is 13.2. The minimum atomic E-state index is 1.26. The molecule has 0 atom stereocenters. The third kappa shape index (κ3) is 4.71. The number of benzene rings is 3. The van der Waals surface area contributed by atoms with Gasteiger partial charge >= 0.3 is 0 Å². The van der Waals surface area contributed by atoms with Crippen LogP contribution < -0.4 is 0 Å². The predicted octanol–water partition coefficient (Wildman–Crippen LogP) is 5.86. The van der Waals surface area contributed by atoms with E-state index in [1.54, 1.807) is 0 Å². The third-order valence-corrected chi connectivity index (χ3v) is 3.10. The van der Waals surface area contributed by atoms with Crippen molar-refractivity contribution in [3.05, 3.63) is 84.9 Å². The molecule has 3 aromatic carbocycles. The number of rotatable bonds is 2. The van der Waals surface area contributed by atoms with Gasteiger partial charge in [0, 0.05) is 0 Å². The second-order valence-corrected chi connectivity index (χ2v) is 4.31. The highest BCUT2D eigenvalue weighted by Gasteiger charge is 1.98. The van der Waals surface area contributed by atoms with Crippen molar-refractivity contribution in [3.63, 3.8) is 0 Å². The average Bonchev–Trinajstić information content (AvgIpc) is 2.67. The SMILES string of the molecule is C=O.CC.c1ccc(-c2ccc(-c3ccccc3)cc2)cc1. The molecule has 3 aromatic rings. The lowest BCUT2D eigenvalue weighted by atomic mass is 10.0. The normalized spacial score (nSPS) is 8.82. The van der Waals surface area contributed by atoms with E-state index < -0.39 is 0 Å². The van der Waals surface area contributed by atoms with Crippen LogP contribution in [0.4, 0.5) is 0 Å². The summed E-state index contributed by atoms with van der Waals surface area (Å²) in [4.78, 5) is 8.00. The summed E-state index contributed by atoms with van der Waals surface area (Å²) in [6, 6.07) is 29.6. The zero-order valence-corrected chi connectivity index (χ0v) is 13.2. The second-order valence-electron chi connectivity index (χ2n) is 4.31. The van der Waals surface area contributed by atoms with Crippen molar-refractivity contribution in [1.29, 1.82) is 0 Å². The molecule has 0 fully saturated rings. The average molecular weight is 290 g/mol. The maximum Gasteiger partial charge on any atom is 0.106 e. The maximum absolute atomic E-state index is 8.00. The summed E-state index contributed by atoms with van der Waals surface area (Å²) in [6.07, 6.45) is 0. The molecular formula is C21H22O. The first-order chi connectivity index (χ1) is 10.9. The molecule has 0 aliphatic heterocycles. The van der Waals surface area contributed by atoms with E-state index in [4.69, 9.17) is 4.79 Å². The van der Waals surface area contributed by atoms with Gasteiger partial charge in [-0.3, -0.25) is 0 Å². The number of hydrogen-bond acceptors (Lipinski definition) is 1. The molecule has 0 saturated carbocycles. The Morgan fingerprint density at radius 2 is 0.682 bits per heavy atom. The summed E-state index contributed by atoms with van der Waals surface area (Å²) >= 11 is 0. The summed E-state index contributed by atoms with van der Waals surface area (Å²) < 4.78 is 0. The molecule has 0 radical (unpaired) electrons. The molecule has 0 N–H and O–H groups in total. The quantitative estimate of drug-likeness (QED) is 0.577. The van der Waals surface area contributed by atoms with Crippen molar-refractivity contribution < 1.29 is 4.79 Å². The highest BCUT2D eigenvalue weighted by Crippen LogP contribution is 2.24. The molecule has 0 unspecified atom stereocenters. The van der Waals surface area contributed by atoms with E-state index in [1.807, 2.05) is 32.8 Å². The minimum absolute atomic E-state index is 1.26. The van der Waals surface area contributed by atoms with Crippen molar-refractivity contribution in [3.8, 4) is 22.3 Å². The van der Waals surface area contributed by atoms with Crippen LogP contribution in [0.3, 0.4) is 0 Å². The van der Waals surface area contributed by atoms with E-state index in [2.05, 4.69) is 72.8 Å². The Morgan fingerprint density at radius 1 is 0.455 bits per heavy atom. The lowest BCUT2D eigenvalue weighted by Gasteiger charge is -2.04. The fourth-order valence-electron chi connectivity index (χ4n) is 2.12. The van der Waals surface area contributed by atoms with E-state index in [0.717, 1.165) is 0 Å². The van der Waals surface area contributed by atoms with Crippen LogP contribution in [0.25, 0.3) is 22.3 Å². The summed E-state index contributed by atoms with van der Waals surface area (Å²) in [5.41, 5.74) is 5.04. The summed E-state index contributed by atoms with van der Waals surface area (Å²) in [7, 11) is 0. The Hall–Kier alpha value is -2.67. The monoisotopic (exact) mass is 290 g/mol. The molecule has 0 heterocycles. The van der Waals surface area contributed by atoms with E-state index in [-0.39, 0.29) is 0 Å². The molecule has 1 nitrogen and oxygen atoms in total. The Morgan fingerprint density at radius 3 is 0.955 bits per heavy atom. The molecule has 0 aliphatic rings. The first kappa shape index (κ1) is 17.4. The topological polar surface area (TPSA) is 17.1 Å². The standard InChI is InChI=1S/C18H14.C2H6.CH2O/c1-3-7-15(8-4-1)17-11-13-18(14-12-17)16-9-5-2-6-10-16;2*1-2/h1-14H;1-2H3;1H2. The second kappa shape index (κ2) is 10.1. The van der Waals surface area contributed by atoms with Crippen molar-refractivity contribution >= 4 is 6.79 Å². The molecule has 3 rings (SSSR count). The Bertz CT molecular complexity index is 569. The van der Waals surface area contributed by atoms with Gasteiger partial charge in [0.25, 0.3) is 0 Å². The van der Waals surface area contributed by atoms with Gasteiger partial charge in [-0.15, -0.1) is 0 Å². The Kier molecular flexibility index (Phi) is 7.99.